The molecule has 0 saturated heterocycles. The Hall–Kier alpha value is 0.390. The van der Waals surface area contributed by atoms with E-state index < -0.39 is 0 Å². The molecule has 2 nitrogen and oxygen atoms in total. The van der Waals surface area contributed by atoms with E-state index >= 15 is 0 Å². The zero-order chi connectivity index (χ0) is 9.68. The molecule has 1 rings (SSSR count). The summed E-state index contributed by atoms with van der Waals surface area (Å²) in [6.07, 6.45) is 1.19. The third-order valence-electron chi connectivity index (χ3n) is 1.29. The van der Waals surface area contributed by atoms with Crippen molar-refractivity contribution in [2.24, 2.45) is 0 Å². The van der Waals surface area contributed by atoms with Gasteiger partial charge in [-0.05, 0) is 44.0 Å². The van der Waals surface area contributed by atoms with Gasteiger partial charge in [0.15, 0.2) is 0 Å². The van der Waals surface area contributed by atoms with Crippen LogP contribution in [0, 0.1) is 0 Å². The summed E-state index contributed by atoms with van der Waals surface area (Å²) in [5.41, 5.74) is 0. The molecule has 1 aromatic rings. The van der Waals surface area contributed by atoms with Crippen LogP contribution in [0.15, 0.2) is 15.3 Å². The molecule has 0 aliphatic heterocycles. The Morgan fingerprint density at radius 1 is 1.31 bits per heavy atom. The van der Waals surface area contributed by atoms with Gasteiger partial charge in [0.25, 0.3) is 0 Å². The molecule has 0 N–H and O–H groups in total. The smallest absolute Gasteiger partial charge is 0.140 e. The molecule has 1 aromatic heterocycles. The van der Waals surface area contributed by atoms with Crippen molar-refractivity contribution in [1.82, 2.24) is 9.97 Å². The SMILES string of the molecule is CCCSCc1nc(Br)cc(Br)n1. The van der Waals surface area contributed by atoms with E-state index in [0.717, 1.165) is 26.5 Å². The second-order valence-corrected chi connectivity index (χ2v) is 5.21. The Morgan fingerprint density at radius 3 is 2.46 bits per heavy atom. The predicted molar refractivity (Wildman–Crippen MR) is 63.9 cm³/mol. The fourth-order valence-corrected chi connectivity index (χ4v) is 2.70. The molecule has 5 heteroatoms. The van der Waals surface area contributed by atoms with E-state index in [-0.39, 0.29) is 0 Å². The minimum atomic E-state index is 0.835. The van der Waals surface area contributed by atoms with Crippen molar-refractivity contribution in [3.8, 4) is 0 Å². The standard InChI is InChI=1S/C8H10Br2N2S/c1-2-3-13-5-8-11-6(9)4-7(10)12-8/h4H,2-3,5H2,1H3. The summed E-state index contributed by atoms with van der Waals surface area (Å²) >= 11 is 8.52. The van der Waals surface area contributed by atoms with Gasteiger partial charge in [0.1, 0.15) is 15.0 Å². The maximum Gasteiger partial charge on any atom is 0.140 e. The van der Waals surface area contributed by atoms with Gasteiger partial charge in [0.2, 0.25) is 0 Å². The van der Waals surface area contributed by atoms with Gasteiger partial charge in [-0.3, -0.25) is 0 Å². The van der Waals surface area contributed by atoms with Gasteiger partial charge in [0.05, 0.1) is 5.75 Å². The number of hydrogen-bond donors (Lipinski definition) is 0. The lowest BCUT2D eigenvalue weighted by atomic mass is 10.6. The molecule has 13 heavy (non-hydrogen) atoms. The Kier molecular flexibility index (Phi) is 5.28. The third kappa shape index (κ3) is 4.42. The first kappa shape index (κ1) is 11.5. The van der Waals surface area contributed by atoms with Crippen molar-refractivity contribution >= 4 is 43.6 Å². The van der Waals surface area contributed by atoms with Gasteiger partial charge >= 0.3 is 0 Å². The van der Waals surface area contributed by atoms with Crippen LogP contribution in [0.4, 0.5) is 0 Å². The Morgan fingerprint density at radius 2 is 1.92 bits per heavy atom. The van der Waals surface area contributed by atoms with Crippen LogP contribution in [-0.4, -0.2) is 15.7 Å². The summed E-state index contributed by atoms with van der Waals surface area (Å²) < 4.78 is 1.67. The van der Waals surface area contributed by atoms with E-state index in [1.807, 2.05) is 17.8 Å². The lowest BCUT2D eigenvalue weighted by Crippen LogP contribution is -1.94. The van der Waals surface area contributed by atoms with Crippen LogP contribution in [0.5, 0.6) is 0 Å². The highest BCUT2D eigenvalue weighted by molar-refractivity contribution is 9.11. The van der Waals surface area contributed by atoms with Crippen LogP contribution in [0.2, 0.25) is 0 Å². The molecule has 0 bridgehead atoms. The topological polar surface area (TPSA) is 25.8 Å². The molecule has 0 amide bonds. The molecule has 0 spiro atoms. The Bertz CT molecular complexity index is 261. The summed E-state index contributed by atoms with van der Waals surface area (Å²) in [7, 11) is 0. The second-order valence-electron chi connectivity index (χ2n) is 2.48. The third-order valence-corrected chi connectivity index (χ3v) is 3.26. The predicted octanol–water partition coefficient (Wildman–Crippen LogP) is 3.64. The lowest BCUT2D eigenvalue weighted by molar-refractivity contribution is 0.993. The number of halogens is 2. The van der Waals surface area contributed by atoms with Crippen LogP contribution < -0.4 is 0 Å². The first-order valence-corrected chi connectivity index (χ1v) is 6.73. The maximum atomic E-state index is 4.26. The quantitative estimate of drug-likeness (QED) is 0.624. The Balaban J connectivity index is 2.56. The maximum absolute atomic E-state index is 4.26. The molecule has 0 atom stereocenters. The van der Waals surface area contributed by atoms with Crippen molar-refractivity contribution in [2.75, 3.05) is 5.75 Å². The van der Waals surface area contributed by atoms with E-state index in [1.54, 1.807) is 0 Å². The molecule has 0 radical (unpaired) electrons. The van der Waals surface area contributed by atoms with E-state index in [2.05, 4.69) is 48.8 Å². The van der Waals surface area contributed by atoms with E-state index in [4.69, 9.17) is 0 Å². The van der Waals surface area contributed by atoms with Crippen LogP contribution in [0.1, 0.15) is 19.2 Å². The zero-order valence-corrected chi connectivity index (χ0v) is 11.2. The van der Waals surface area contributed by atoms with Crippen molar-refractivity contribution in [3.05, 3.63) is 21.1 Å². The van der Waals surface area contributed by atoms with Crippen molar-refractivity contribution in [1.29, 1.82) is 0 Å². The average molecular weight is 326 g/mol. The van der Waals surface area contributed by atoms with Gasteiger partial charge in [-0.25, -0.2) is 9.97 Å². The van der Waals surface area contributed by atoms with Crippen molar-refractivity contribution in [3.63, 3.8) is 0 Å². The van der Waals surface area contributed by atoms with Gasteiger partial charge in [-0.1, -0.05) is 6.92 Å². The highest BCUT2D eigenvalue weighted by atomic mass is 79.9. The van der Waals surface area contributed by atoms with Crippen molar-refractivity contribution < 1.29 is 0 Å². The summed E-state index contributed by atoms with van der Waals surface area (Å²) in [6, 6.07) is 1.84. The first-order valence-electron chi connectivity index (χ1n) is 3.99. The van der Waals surface area contributed by atoms with Crippen molar-refractivity contribution in [2.45, 2.75) is 19.1 Å². The molecular formula is C8H10Br2N2S. The summed E-state index contributed by atoms with van der Waals surface area (Å²) in [6.45, 7) is 2.17. The number of thioether (sulfide) groups is 1. The number of rotatable bonds is 4. The van der Waals surface area contributed by atoms with Crippen LogP contribution >= 0.6 is 43.6 Å². The van der Waals surface area contributed by atoms with Crippen LogP contribution in [0.25, 0.3) is 0 Å². The molecular weight excluding hydrogens is 316 g/mol. The van der Waals surface area contributed by atoms with Gasteiger partial charge in [0, 0.05) is 6.07 Å². The molecule has 0 aromatic carbocycles. The summed E-state index contributed by atoms with van der Waals surface area (Å²) in [5, 5.41) is 0. The van der Waals surface area contributed by atoms with Gasteiger partial charge in [-0.2, -0.15) is 11.8 Å². The lowest BCUT2D eigenvalue weighted by Gasteiger charge is -2.00. The summed E-state index contributed by atoms with van der Waals surface area (Å²) in [5.74, 6) is 2.92. The molecule has 0 aliphatic rings. The van der Waals surface area contributed by atoms with E-state index in [1.165, 1.54) is 6.42 Å². The molecule has 1 heterocycles. The summed E-state index contributed by atoms with van der Waals surface area (Å²) in [4.78, 5) is 8.52. The van der Waals surface area contributed by atoms with Crippen LogP contribution in [-0.2, 0) is 5.75 Å². The average Bonchev–Trinajstić information content (AvgIpc) is 2.03. The molecule has 0 aliphatic carbocycles. The minimum Gasteiger partial charge on any atom is -0.225 e. The number of nitrogens with zero attached hydrogens (tertiary/aromatic N) is 2. The van der Waals surface area contributed by atoms with Crippen LogP contribution in [0.3, 0.4) is 0 Å². The number of hydrogen-bond acceptors (Lipinski definition) is 3. The minimum absolute atomic E-state index is 0.835. The fourth-order valence-electron chi connectivity index (χ4n) is 0.807. The van der Waals surface area contributed by atoms with E-state index in [0.29, 0.717) is 0 Å². The highest BCUT2D eigenvalue weighted by Crippen LogP contribution is 2.16. The Labute approximate surface area is 99.2 Å². The van der Waals surface area contributed by atoms with Gasteiger partial charge in [-0.15, -0.1) is 0 Å². The largest absolute Gasteiger partial charge is 0.225 e. The normalized spacial score (nSPS) is 10.4. The zero-order valence-electron chi connectivity index (χ0n) is 7.26. The second kappa shape index (κ2) is 5.98. The monoisotopic (exact) mass is 324 g/mol. The van der Waals surface area contributed by atoms with E-state index in [9.17, 15) is 0 Å². The molecule has 0 fully saturated rings. The molecule has 0 saturated carbocycles. The highest BCUT2D eigenvalue weighted by Gasteiger charge is 2.00. The fraction of sp³-hybridized carbons (Fsp3) is 0.500. The first-order chi connectivity index (χ1) is 6.22. The van der Waals surface area contributed by atoms with Gasteiger partial charge < -0.3 is 0 Å². The molecule has 72 valence electrons. The number of aromatic nitrogens is 2. The molecule has 0 unspecified atom stereocenters.